The van der Waals surface area contributed by atoms with Gasteiger partial charge in [0.25, 0.3) is 0 Å². The molecule has 5 heteroatoms. The van der Waals surface area contributed by atoms with Crippen molar-refractivity contribution in [2.24, 2.45) is 5.41 Å². The number of benzene rings is 2. The Kier molecular flexibility index (Phi) is 4.55. The molecule has 0 heterocycles. The highest BCUT2D eigenvalue weighted by Crippen LogP contribution is 2.60. The number of phenols is 3. The van der Waals surface area contributed by atoms with Crippen molar-refractivity contribution in [1.82, 2.24) is 0 Å². The van der Waals surface area contributed by atoms with Gasteiger partial charge in [0.1, 0.15) is 22.8 Å². The molecule has 0 amide bonds. The molecule has 1 aliphatic carbocycles. The van der Waals surface area contributed by atoms with Crippen LogP contribution in [-0.4, -0.2) is 26.2 Å². The van der Waals surface area contributed by atoms with Gasteiger partial charge in [0.15, 0.2) is 5.78 Å². The fraction of sp³-hybridized carbons (Fsp3) is 0.348. The molecule has 5 nitrogen and oxygen atoms in total. The molecule has 2 aromatic rings. The van der Waals surface area contributed by atoms with Crippen LogP contribution in [0.15, 0.2) is 35.9 Å². The van der Waals surface area contributed by atoms with Crippen molar-refractivity contribution in [3.05, 3.63) is 63.7 Å². The van der Waals surface area contributed by atoms with Gasteiger partial charge >= 0.3 is 0 Å². The molecule has 0 saturated heterocycles. The van der Waals surface area contributed by atoms with E-state index in [0.29, 0.717) is 17.5 Å². The summed E-state index contributed by atoms with van der Waals surface area (Å²) in [5, 5.41) is 44.0. The number of allylic oxidation sites excluding steroid dienone is 2. The first-order chi connectivity index (χ1) is 12.9. The molecule has 3 rings (SSSR count). The van der Waals surface area contributed by atoms with Crippen LogP contribution in [0.1, 0.15) is 60.3 Å². The topological polar surface area (TPSA) is 98.0 Å². The van der Waals surface area contributed by atoms with E-state index in [1.54, 1.807) is 32.9 Å². The van der Waals surface area contributed by atoms with Gasteiger partial charge in [-0.25, -0.2) is 0 Å². The van der Waals surface area contributed by atoms with Gasteiger partial charge in [-0.15, -0.1) is 0 Å². The molecule has 0 spiro atoms. The highest BCUT2D eigenvalue weighted by Gasteiger charge is 2.61. The number of rotatable bonds is 3. The van der Waals surface area contributed by atoms with Crippen molar-refractivity contribution >= 4 is 5.78 Å². The number of aryl methyl sites for hydroxylation is 1. The number of phenolic OH excluding ortho intramolecular Hbond substituents is 3. The first-order valence-corrected chi connectivity index (χ1v) is 9.21. The lowest BCUT2D eigenvalue weighted by Crippen LogP contribution is -2.42. The summed E-state index contributed by atoms with van der Waals surface area (Å²) < 4.78 is 0. The lowest BCUT2D eigenvalue weighted by Gasteiger charge is -2.37. The van der Waals surface area contributed by atoms with E-state index < -0.39 is 11.0 Å². The molecule has 0 unspecified atom stereocenters. The van der Waals surface area contributed by atoms with Gasteiger partial charge in [-0.2, -0.15) is 0 Å². The maximum absolute atomic E-state index is 13.1. The Morgan fingerprint density at radius 2 is 1.68 bits per heavy atom. The van der Waals surface area contributed by atoms with E-state index in [4.69, 9.17) is 0 Å². The Balaban J connectivity index is 2.37. The summed E-state index contributed by atoms with van der Waals surface area (Å²) in [7, 11) is 0. The van der Waals surface area contributed by atoms with Gasteiger partial charge in [-0.05, 0) is 70.4 Å². The van der Waals surface area contributed by atoms with Gasteiger partial charge in [-0.3, -0.25) is 4.79 Å². The summed E-state index contributed by atoms with van der Waals surface area (Å²) in [5.41, 5.74) is -1.22. The van der Waals surface area contributed by atoms with Gasteiger partial charge < -0.3 is 20.4 Å². The molecular weight excluding hydrogens is 356 g/mol. The van der Waals surface area contributed by atoms with Crippen LogP contribution in [0.5, 0.6) is 17.2 Å². The smallest absolute Gasteiger partial charge is 0.172 e. The lowest BCUT2D eigenvalue weighted by atomic mass is 9.69. The zero-order chi connectivity index (χ0) is 21.0. The van der Waals surface area contributed by atoms with Crippen LogP contribution in [0.4, 0.5) is 0 Å². The van der Waals surface area contributed by atoms with E-state index >= 15 is 0 Å². The molecule has 1 aliphatic rings. The SMILES string of the molecule is CC(C)=CCc1ccc(O)c([C@]2(O)c3c(O)cc(C)cc3C(=O)C2(C)C)c1O. The monoisotopic (exact) mass is 382 g/mol. The number of fused-ring (bicyclic) bond motifs is 1. The highest BCUT2D eigenvalue weighted by atomic mass is 16.3. The fourth-order valence-corrected chi connectivity index (χ4v) is 4.04. The van der Waals surface area contributed by atoms with E-state index in [0.717, 1.165) is 5.57 Å². The Hall–Kier alpha value is -2.79. The molecule has 4 N–H and O–H groups in total. The first-order valence-electron chi connectivity index (χ1n) is 9.21. The van der Waals surface area contributed by atoms with Gasteiger partial charge in [0.2, 0.25) is 0 Å². The van der Waals surface area contributed by atoms with E-state index in [9.17, 15) is 25.2 Å². The van der Waals surface area contributed by atoms with Crippen molar-refractivity contribution in [3.8, 4) is 17.2 Å². The average Bonchev–Trinajstić information content (AvgIpc) is 2.73. The number of hydrogen-bond donors (Lipinski definition) is 4. The predicted molar refractivity (Wildman–Crippen MR) is 107 cm³/mol. The molecule has 0 radical (unpaired) electrons. The van der Waals surface area contributed by atoms with Gasteiger partial charge in [-0.1, -0.05) is 17.7 Å². The van der Waals surface area contributed by atoms with Crippen LogP contribution >= 0.6 is 0 Å². The fourth-order valence-electron chi connectivity index (χ4n) is 4.04. The molecule has 2 aromatic carbocycles. The lowest BCUT2D eigenvalue weighted by molar-refractivity contribution is -0.0155. The third-order valence-corrected chi connectivity index (χ3v) is 5.67. The van der Waals surface area contributed by atoms with E-state index in [-0.39, 0.29) is 39.7 Å². The predicted octanol–water partition coefficient (Wildman–Crippen LogP) is 4.08. The van der Waals surface area contributed by atoms with Crippen molar-refractivity contribution in [2.75, 3.05) is 0 Å². The summed E-state index contributed by atoms with van der Waals surface area (Å²) >= 11 is 0. The summed E-state index contributed by atoms with van der Waals surface area (Å²) in [5.74, 6) is -1.23. The minimum atomic E-state index is -2.09. The van der Waals surface area contributed by atoms with Crippen LogP contribution in [0.2, 0.25) is 0 Å². The van der Waals surface area contributed by atoms with Crippen LogP contribution in [0, 0.1) is 12.3 Å². The summed E-state index contributed by atoms with van der Waals surface area (Å²) in [6.07, 6.45) is 2.32. The Labute approximate surface area is 164 Å². The average molecular weight is 382 g/mol. The third-order valence-electron chi connectivity index (χ3n) is 5.67. The number of aliphatic hydroxyl groups is 1. The second kappa shape index (κ2) is 6.38. The molecule has 0 saturated carbocycles. The van der Waals surface area contributed by atoms with Gasteiger partial charge in [0.05, 0.1) is 11.0 Å². The summed E-state index contributed by atoms with van der Waals surface area (Å²) in [4.78, 5) is 13.1. The summed E-state index contributed by atoms with van der Waals surface area (Å²) in [6.45, 7) is 8.70. The van der Waals surface area contributed by atoms with Crippen LogP contribution in [-0.2, 0) is 12.0 Å². The summed E-state index contributed by atoms with van der Waals surface area (Å²) in [6, 6.07) is 6.04. The standard InChI is InChI=1S/C23H26O5/c1-12(2)6-7-14-8-9-16(24)19(20(14)26)23(28)18-15(21(27)22(23,4)5)10-13(3)11-17(18)25/h6,8-11,24-26,28H,7H2,1-5H3/t23-/m1/s1. The van der Waals surface area contributed by atoms with E-state index in [1.807, 2.05) is 19.9 Å². The van der Waals surface area contributed by atoms with E-state index in [2.05, 4.69) is 0 Å². The normalized spacial score (nSPS) is 20.1. The maximum atomic E-state index is 13.1. The number of hydrogen-bond acceptors (Lipinski definition) is 5. The molecule has 0 fully saturated rings. The second-order valence-corrected chi connectivity index (χ2v) is 8.32. The molecular formula is C23H26O5. The van der Waals surface area contributed by atoms with Crippen LogP contribution in [0.25, 0.3) is 0 Å². The Morgan fingerprint density at radius 3 is 2.29 bits per heavy atom. The Morgan fingerprint density at radius 1 is 1.04 bits per heavy atom. The van der Waals surface area contributed by atoms with Crippen LogP contribution in [0.3, 0.4) is 0 Å². The number of ketones is 1. The van der Waals surface area contributed by atoms with Crippen LogP contribution < -0.4 is 0 Å². The first kappa shape index (κ1) is 20.0. The van der Waals surface area contributed by atoms with E-state index in [1.165, 1.54) is 12.1 Å². The third kappa shape index (κ3) is 2.61. The molecule has 0 bridgehead atoms. The van der Waals surface area contributed by atoms with Crippen molar-refractivity contribution in [1.29, 1.82) is 0 Å². The molecule has 1 atom stereocenters. The minimum Gasteiger partial charge on any atom is -0.508 e. The quantitative estimate of drug-likeness (QED) is 0.600. The van der Waals surface area contributed by atoms with Crippen molar-refractivity contribution in [2.45, 2.75) is 46.6 Å². The highest BCUT2D eigenvalue weighted by molar-refractivity contribution is 6.08. The second-order valence-electron chi connectivity index (χ2n) is 8.32. The minimum absolute atomic E-state index is 0.0121. The number of carbonyl (C=O) groups is 1. The largest absolute Gasteiger partial charge is 0.508 e. The van der Waals surface area contributed by atoms with Crippen molar-refractivity contribution in [3.63, 3.8) is 0 Å². The van der Waals surface area contributed by atoms with Gasteiger partial charge in [0, 0.05) is 11.1 Å². The number of Topliss-reactive ketones (excluding diaryl/α,β-unsaturated/α-hetero) is 1. The maximum Gasteiger partial charge on any atom is 0.172 e. The molecule has 0 aromatic heterocycles. The Bertz CT molecular complexity index is 1010. The molecule has 0 aliphatic heterocycles. The zero-order valence-electron chi connectivity index (χ0n) is 16.8. The molecule has 28 heavy (non-hydrogen) atoms. The number of carbonyl (C=O) groups excluding carboxylic acids is 1. The number of aromatic hydroxyl groups is 3. The zero-order valence-corrected chi connectivity index (χ0v) is 16.8. The van der Waals surface area contributed by atoms with Crippen molar-refractivity contribution < 1.29 is 25.2 Å². The molecule has 148 valence electrons.